The van der Waals surface area contributed by atoms with Crippen LogP contribution in [0.1, 0.15) is 0 Å². The van der Waals surface area contributed by atoms with E-state index >= 15 is 0 Å². The Morgan fingerprint density at radius 1 is 1.55 bits per heavy atom. The van der Waals surface area contributed by atoms with Gasteiger partial charge in [-0.25, -0.2) is 0 Å². The van der Waals surface area contributed by atoms with E-state index in [4.69, 9.17) is 6.42 Å². The van der Waals surface area contributed by atoms with Gasteiger partial charge in [0.15, 0.2) is 0 Å². The van der Waals surface area contributed by atoms with Crippen molar-refractivity contribution in [1.82, 2.24) is 0 Å². The predicted octanol–water partition coefficient (Wildman–Crippen LogP) is 0.526. The number of terminal acetylenes is 1. The highest BCUT2D eigenvalue weighted by molar-refractivity contribution is 4.83. The normalized spacial score (nSPS) is 14.1. The van der Waals surface area contributed by atoms with Crippen LogP contribution < -0.4 is 5.73 Å². The van der Waals surface area contributed by atoms with Gasteiger partial charge in [0.05, 0.1) is 6.61 Å². The van der Waals surface area contributed by atoms with Crippen molar-refractivity contribution in [1.29, 1.82) is 0 Å². The third kappa shape index (κ3) is 4.65. The summed E-state index contributed by atoms with van der Waals surface area (Å²) in [4.78, 5) is 0. The highest BCUT2D eigenvalue weighted by Crippen LogP contribution is 2.18. The molecule has 1 atom stereocenters. The van der Waals surface area contributed by atoms with Crippen LogP contribution in [0.5, 0.6) is 0 Å². The van der Waals surface area contributed by atoms with Crippen LogP contribution in [0, 0.1) is 12.3 Å². The first-order valence-corrected chi connectivity index (χ1v) is 2.82. The van der Waals surface area contributed by atoms with E-state index < -0.39 is 18.8 Å². The van der Waals surface area contributed by atoms with Gasteiger partial charge in [-0.15, -0.1) is 6.42 Å². The van der Waals surface area contributed by atoms with Crippen molar-refractivity contribution in [3.63, 3.8) is 0 Å². The maximum Gasteiger partial charge on any atom is 0.405 e. The van der Waals surface area contributed by atoms with Gasteiger partial charge in [-0.2, -0.15) is 13.2 Å². The number of nitrogens with two attached hydrogens (primary N) is 1. The SMILES string of the molecule is C#CCOC[C@H](N)C(F)(F)F. The topological polar surface area (TPSA) is 35.2 Å². The van der Waals surface area contributed by atoms with Gasteiger partial charge in [0.2, 0.25) is 0 Å². The Labute approximate surface area is 62.5 Å². The van der Waals surface area contributed by atoms with Gasteiger partial charge in [-0.05, 0) is 0 Å². The highest BCUT2D eigenvalue weighted by Gasteiger charge is 2.36. The molecular formula is C6H8F3NO. The van der Waals surface area contributed by atoms with Crippen LogP contribution in [0.3, 0.4) is 0 Å². The zero-order valence-corrected chi connectivity index (χ0v) is 5.69. The van der Waals surface area contributed by atoms with Gasteiger partial charge in [-0.1, -0.05) is 5.92 Å². The molecule has 0 amide bonds. The molecule has 0 saturated heterocycles. The number of hydrogen-bond donors (Lipinski definition) is 1. The minimum absolute atomic E-state index is 0.149. The van der Waals surface area contributed by atoms with Gasteiger partial charge < -0.3 is 10.5 Å². The lowest BCUT2D eigenvalue weighted by atomic mass is 10.3. The molecule has 64 valence electrons. The van der Waals surface area contributed by atoms with Crippen LogP contribution in [-0.4, -0.2) is 25.4 Å². The van der Waals surface area contributed by atoms with Crippen LogP contribution in [0.4, 0.5) is 13.2 Å². The van der Waals surface area contributed by atoms with Crippen LogP contribution in [-0.2, 0) is 4.74 Å². The third-order valence-electron chi connectivity index (χ3n) is 0.903. The summed E-state index contributed by atoms with van der Waals surface area (Å²) in [7, 11) is 0. The molecule has 2 N–H and O–H groups in total. The maximum atomic E-state index is 11.6. The van der Waals surface area contributed by atoms with E-state index in [2.05, 4.69) is 10.5 Å². The molecule has 0 bridgehead atoms. The average molecular weight is 167 g/mol. The number of alkyl halides is 3. The highest BCUT2D eigenvalue weighted by atomic mass is 19.4. The quantitative estimate of drug-likeness (QED) is 0.491. The summed E-state index contributed by atoms with van der Waals surface area (Å²) in [6, 6.07) is -1.95. The number of rotatable bonds is 3. The summed E-state index contributed by atoms with van der Waals surface area (Å²) in [6.07, 6.45) is 0.319. The lowest BCUT2D eigenvalue weighted by Gasteiger charge is -2.14. The predicted molar refractivity (Wildman–Crippen MR) is 33.7 cm³/mol. The fraction of sp³-hybridized carbons (Fsp3) is 0.667. The second-order valence-electron chi connectivity index (χ2n) is 1.87. The van der Waals surface area contributed by atoms with E-state index in [1.165, 1.54) is 0 Å². The Kier molecular flexibility index (Phi) is 3.93. The van der Waals surface area contributed by atoms with E-state index in [1.54, 1.807) is 0 Å². The van der Waals surface area contributed by atoms with Crippen molar-refractivity contribution in [2.24, 2.45) is 5.73 Å². The first-order chi connectivity index (χ1) is 4.98. The summed E-state index contributed by atoms with van der Waals surface area (Å²) in [5.74, 6) is 2.03. The van der Waals surface area contributed by atoms with E-state index in [0.717, 1.165) is 0 Å². The number of halogens is 3. The van der Waals surface area contributed by atoms with E-state index in [-0.39, 0.29) is 6.61 Å². The molecule has 0 aromatic rings. The van der Waals surface area contributed by atoms with Crippen molar-refractivity contribution in [2.75, 3.05) is 13.2 Å². The summed E-state index contributed by atoms with van der Waals surface area (Å²) in [5, 5.41) is 0. The average Bonchev–Trinajstić information content (AvgIpc) is 1.86. The fourth-order valence-electron chi connectivity index (χ4n) is 0.339. The molecule has 11 heavy (non-hydrogen) atoms. The molecule has 5 heteroatoms. The minimum atomic E-state index is -4.41. The van der Waals surface area contributed by atoms with Gasteiger partial charge in [0, 0.05) is 0 Å². The molecular weight excluding hydrogens is 159 g/mol. The van der Waals surface area contributed by atoms with Gasteiger partial charge >= 0.3 is 6.18 Å². The third-order valence-corrected chi connectivity index (χ3v) is 0.903. The van der Waals surface area contributed by atoms with Gasteiger partial charge in [-0.3, -0.25) is 0 Å². The molecule has 0 saturated carbocycles. The number of hydrogen-bond acceptors (Lipinski definition) is 2. The molecule has 0 aliphatic carbocycles. The van der Waals surface area contributed by atoms with Crippen molar-refractivity contribution in [3.05, 3.63) is 0 Å². The first kappa shape index (κ1) is 10.3. The van der Waals surface area contributed by atoms with Gasteiger partial charge in [0.25, 0.3) is 0 Å². The fourth-order valence-corrected chi connectivity index (χ4v) is 0.339. The van der Waals surface area contributed by atoms with Crippen LogP contribution in [0.25, 0.3) is 0 Å². The Morgan fingerprint density at radius 2 is 2.09 bits per heavy atom. The molecule has 0 spiro atoms. The summed E-state index contributed by atoms with van der Waals surface area (Å²) < 4.78 is 39.2. The summed E-state index contributed by atoms with van der Waals surface area (Å²) in [5.41, 5.74) is 4.67. The van der Waals surface area contributed by atoms with E-state index in [1.807, 2.05) is 5.92 Å². The zero-order chi connectivity index (χ0) is 8.91. The summed E-state index contributed by atoms with van der Waals surface area (Å²) >= 11 is 0. The van der Waals surface area contributed by atoms with Crippen molar-refractivity contribution in [2.45, 2.75) is 12.2 Å². The lowest BCUT2D eigenvalue weighted by molar-refractivity contribution is -0.158. The molecule has 0 radical (unpaired) electrons. The van der Waals surface area contributed by atoms with Crippen molar-refractivity contribution < 1.29 is 17.9 Å². The van der Waals surface area contributed by atoms with Crippen LogP contribution in [0.15, 0.2) is 0 Å². The van der Waals surface area contributed by atoms with Gasteiger partial charge in [0.1, 0.15) is 12.6 Å². The molecule has 0 aromatic heterocycles. The van der Waals surface area contributed by atoms with Crippen LogP contribution >= 0.6 is 0 Å². The molecule has 0 heterocycles. The van der Waals surface area contributed by atoms with E-state index in [9.17, 15) is 13.2 Å². The smallest absolute Gasteiger partial charge is 0.367 e. The molecule has 2 nitrogen and oxygen atoms in total. The Balaban J connectivity index is 3.55. The Hall–Kier alpha value is -0.730. The van der Waals surface area contributed by atoms with Crippen molar-refractivity contribution in [3.8, 4) is 12.3 Å². The van der Waals surface area contributed by atoms with Crippen molar-refractivity contribution >= 4 is 0 Å². The van der Waals surface area contributed by atoms with E-state index in [0.29, 0.717) is 0 Å². The monoisotopic (exact) mass is 167 g/mol. The molecule has 0 unspecified atom stereocenters. The second kappa shape index (κ2) is 4.21. The second-order valence-corrected chi connectivity index (χ2v) is 1.87. The lowest BCUT2D eigenvalue weighted by Crippen LogP contribution is -2.41. The Bertz CT molecular complexity index is 149. The zero-order valence-electron chi connectivity index (χ0n) is 5.69. The standard InChI is InChI=1S/C6H8F3NO/c1-2-3-11-4-5(10)6(7,8)9/h1,5H,3-4,10H2/t5-/m0/s1. The molecule has 0 fully saturated rings. The Morgan fingerprint density at radius 3 is 2.45 bits per heavy atom. The molecule has 0 aliphatic heterocycles. The van der Waals surface area contributed by atoms with Crippen LogP contribution in [0.2, 0.25) is 0 Å². The molecule has 0 aliphatic rings. The largest absolute Gasteiger partial charge is 0.405 e. The first-order valence-electron chi connectivity index (χ1n) is 2.82. The molecule has 0 aromatic carbocycles. The minimum Gasteiger partial charge on any atom is -0.367 e. The summed E-state index contributed by atoms with van der Waals surface area (Å²) in [6.45, 7) is -0.739. The number of ether oxygens (including phenoxy) is 1. The maximum absolute atomic E-state index is 11.6. The molecule has 0 rings (SSSR count).